The van der Waals surface area contributed by atoms with Crippen molar-refractivity contribution in [1.82, 2.24) is 9.88 Å². The predicted octanol–water partition coefficient (Wildman–Crippen LogP) is 5.68. The van der Waals surface area contributed by atoms with E-state index in [0.29, 0.717) is 18.8 Å². The topological polar surface area (TPSA) is 59.5 Å². The molecule has 1 aliphatic rings. The molecule has 1 aliphatic carbocycles. The number of aryl methyl sites for hydroxylation is 2. The fourth-order valence-corrected chi connectivity index (χ4v) is 6.00. The van der Waals surface area contributed by atoms with Crippen molar-refractivity contribution < 1.29 is 14.3 Å². The van der Waals surface area contributed by atoms with E-state index in [1.165, 1.54) is 16.2 Å². The zero-order chi connectivity index (χ0) is 22.7. The third kappa shape index (κ3) is 4.90. The first-order chi connectivity index (χ1) is 15.4. The Hall–Kier alpha value is -2.22. The Balaban J connectivity index is 1.53. The summed E-state index contributed by atoms with van der Waals surface area (Å²) >= 11 is 9.12. The third-order valence-electron chi connectivity index (χ3n) is 5.88. The lowest BCUT2D eigenvalue weighted by Gasteiger charge is -2.27. The van der Waals surface area contributed by atoms with Crippen LogP contribution in [0.5, 0.6) is 5.75 Å². The van der Waals surface area contributed by atoms with E-state index < -0.39 is 5.41 Å². The minimum Gasteiger partial charge on any atom is -0.497 e. The third-order valence-corrected chi connectivity index (χ3v) is 8.15. The molecule has 0 bridgehead atoms. The van der Waals surface area contributed by atoms with Crippen LogP contribution in [0.3, 0.4) is 0 Å². The van der Waals surface area contributed by atoms with Crippen LogP contribution >= 0.6 is 34.3 Å². The highest BCUT2D eigenvalue weighted by atomic mass is 35.5. The van der Waals surface area contributed by atoms with Gasteiger partial charge in [0.25, 0.3) is 0 Å². The van der Waals surface area contributed by atoms with E-state index in [-0.39, 0.29) is 5.91 Å². The standard InChI is InChI=1S/C24H25ClN2O3S2/c1-16-20(15-28)26-22(31-16)14-27(13-3-4-19-9-10-21(25)32-19)23(29)24(11-12-24)17-5-7-18(30-2)8-6-17/h5-10,15H,3-4,11-14H2,1-2H3. The Morgan fingerprint density at radius 1 is 1.22 bits per heavy atom. The molecule has 8 heteroatoms. The van der Waals surface area contributed by atoms with Crippen LogP contribution in [0, 0.1) is 6.92 Å². The Labute approximate surface area is 201 Å². The molecule has 0 radical (unpaired) electrons. The van der Waals surface area contributed by atoms with Gasteiger partial charge in [-0.2, -0.15) is 0 Å². The van der Waals surface area contributed by atoms with Gasteiger partial charge < -0.3 is 9.64 Å². The van der Waals surface area contributed by atoms with Gasteiger partial charge in [-0.25, -0.2) is 4.98 Å². The number of methoxy groups -OCH3 is 1. The van der Waals surface area contributed by atoms with E-state index in [0.717, 1.165) is 57.5 Å². The van der Waals surface area contributed by atoms with E-state index >= 15 is 0 Å². The molecule has 4 rings (SSSR count). The van der Waals surface area contributed by atoms with Crippen LogP contribution in [0.2, 0.25) is 4.34 Å². The number of ether oxygens (including phenoxy) is 1. The van der Waals surface area contributed by atoms with Crippen molar-refractivity contribution in [1.29, 1.82) is 0 Å². The van der Waals surface area contributed by atoms with Crippen LogP contribution in [-0.4, -0.2) is 35.7 Å². The van der Waals surface area contributed by atoms with Crippen LogP contribution in [-0.2, 0) is 23.2 Å². The molecular weight excluding hydrogens is 464 g/mol. The predicted molar refractivity (Wildman–Crippen MR) is 129 cm³/mol. The van der Waals surface area contributed by atoms with Gasteiger partial charge >= 0.3 is 0 Å². The van der Waals surface area contributed by atoms with E-state index in [9.17, 15) is 9.59 Å². The maximum Gasteiger partial charge on any atom is 0.233 e. The molecule has 0 spiro atoms. The fourth-order valence-electron chi connectivity index (χ4n) is 3.95. The number of thiophene rings is 1. The highest BCUT2D eigenvalue weighted by Gasteiger charge is 2.53. The maximum absolute atomic E-state index is 13.8. The summed E-state index contributed by atoms with van der Waals surface area (Å²) in [6.07, 6.45) is 4.17. The second kappa shape index (κ2) is 9.73. The highest BCUT2D eigenvalue weighted by Crippen LogP contribution is 2.50. The van der Waals surface area contributed by atoms with Crippen LogP contribution in [0.25, 0.3) is 0 Å². The average molecular weight is 489 g/mol. The lowest BCUT2D eigenvalue weighted by atomic mass is 9.94. The van der Waals surface area contributed by atoms with Crippen molar-refractivity contribution in [3.05, 3.63) is 66.8 Å². The van der Waals surface area contributed by atoms with Crippen LogP contribution in [0.1, 0.15) is 50.1 Å². The molecule has 32 heavy (non-hydrogen) atoms. The molecule has 1 saturated carbocycles. The summed E-state index contributed by atoms with van der Waals surface area (Å²) in [6, 6.07) is 11.8. The van der Waals surface area contributed by atoms with Gasteiger partial charge in [-0.3, -0.25) is 9.59 Å². The monoisotopic (exact) mass is 488 g/mol. The van der Waals surface area contributed by atoms with E-state index in [4.69, 9.17) is 16.3 Å². The van der Waals surface area contributed by atoms with Crippen molar-refractivity contribution in [3.63, 3.8) is 0 Å². The number of nitrogens with zero attached hydrogens (tertiary/aromatic N) is 2. The molecule has 2 aromatic heterocycles. The number of amides is 1. The number of halogens is 1. The molecule has 0 saturated heterocycles. The molecule has 0 unspecified atom stereocenters. The second-order valence-corrected chi connectivity index (χ2v) is 11.1. The van der Waals surface area contributed by atoms with Crippen LogP contribution in [0.4, 0.5) is 0 Å². The molecule has 0 atom stereocenters. The first-order valence-corrected chi connectivity index (χ1v) is 12.6. The molecule has 2 heterocycles. The van der Waals surface area contributed by atoms with Crippen molar-refractivity contribution in [2.45, 2.75) is 44.6 Å². The van der Waals surface area contributed by atoms with Crippen LogP contribution in [0.15, 0.2) is 36.4 Å². The molecule has 1 fully saturated rings. The Morgan fingerprint density at radius 3 is 2.53 bits per heavy atom. The van der Waals surface area contributed by atoms with E-state index in [1.807, 2.05) is 48.2 Å². The van der Waals surface area contributed by atoms with E-state index in [1.54, 1.807) is 18.4 Å². The van der Waals surface area contributed by atoms with E-state index in [2.05, 4.69) is 4.98 Å². The number of hydrogen-bond acceptors (Lipinski definition) is 6. The summed E-state index contributed by atoms with van der Waals surface area (Å²) in [5, 5.41) is 0.794. The number of carbonyl (C=O) groups excluding carboxylic acids is 2. The summed E-state index contributed by atoms with van der Waals surface area (Å²) in [6.45, 7) is 2.93. The zero-order valence-electron chi connectivity index (χ0n) is 18.1. The number of aromatic nitrogens is 1. The Morgan fingerprint density at radius 2 is 1.97 bits per heavy atom. The average Bonchev–Trinajstić information content (AvgIpc) is 3.39. The van der Waals surface area contributed by atoms with Gasteiger partial charge in [-0.15, -0.1) is 22.7 Å². The summed E-state index contributed by atoms with van der Waals surface area (Å²) in [7, 11) is 1.64. The molecule has 1 amide bonds. The summed E-state index contributed by atoms with van der Waals surface area (Å²) in [5.74, 6) is 0.913. The first-order valence-electron chi connectivity index (χ1n) is 10.5. The molecule has 0 N–H and O–H groups in total. The number of carbonyl (C=O) groups is 2. The van der Waals surface area contributed by atoms with Gasteiger partial charge in [0.15, 0.2) is 6.29 Å². The summed E-state index contributed by atoms with van der Waals surface area (Å²) < 4.78 is 6.05. The van der Waals surface area contributed by atoms with Gasteiger partial charge in [0.2, 0.25) is 5.91 Å². The fraction of sp³-hybridized carbons (Fsp3) is 0.375. The normalized spacial score (nSPS) is 14.2. The lowest BCUT2D eigenvalue weighted by Crippen LogP contribution is -2.39. The van der Waals surface area contributed by atoms with Gasteiger partial charge in [-0.1, -0.05) is 23.7 Å². The van der Waals surface area contributed by atoms with Gasteiger partial charge in [0.1, 0.15) is 16.5 Å². The molecule has 3 aromatic rings. The smallest absolute Gasteiger partial charge is 0.233 e. The lowest BCUT2D eigenvalue weighted by molar-refractivity contribution is -0.134. The first kappa shape index (κ1) is 23.0. The van der Waals surface area contributed by atoms with Crippen molar-refractivity contribution in [2.24, 2.45) is 0 Å². The molecule has 5 nitrogen and oxygen atoms in total. The van der Waals surface area contributed by atoms with Gasteiger partial charge in [0, 0.05) is 16.3 Å². The molecular formula is C24H25ClN2O3S2. The minimum absolute atomic E-state index is 0.132. The molecule has 0 aliphatic heterocycles. The minimum atomic E-state index is -0.474. The Bertz CT molecular complexity index is 1100. The highest BCUT2D eigenvalue weighted by molar-refractivity contribution is 7.16. The van der Waals surface area contributed by atoms with Crippen molar-refractivity contribution >= 4 is 46.5 Å². The zero-order valence-corrected chi connectivity index (χ0v) is 20.5. The number of aldehydes is 1. The number of thiazole rings is 1. The second-order valence-electron chi connectivity index (χ2n) is 8.01. The summed E-state index contributed by atoms with van der Waals surface area (Å²) in [5.41, 5.74) is 1.02. The van der Waals surface area contributed by atoms with Gasteiger partial charge in [0.05, 0.1) is 23.4 Å². The number of benzene rings is 1. The number of rotatable bonds is 10. The van der Waals surface area contributed by atoms with Gasteiger partial charge in [-0.05, 0) is 62.4 Å². The largest absolute Gasteiger partial charge is 0.497 e. The molecule has 168 valence electrons. The van der Waals surface area contributed by atoms with Crippen molar-refractivity contribution in [2.75, 3.05) is 13.7 Å². The maximum atomic E-state index is 13.8. The van der Waals surface area contributed by atoms with Crippen LogP contribution < -0.4 is 4.74 Å². The quantitative estimate of drug-likeness (QED) is 0.344. The number of hydrogen-bond donors (Lipinski definition) is 0. The molecule has 1 aromatic carbocycles. The summed E-state index contributed by atoms with van der Waals surface area (Å²) in [4.78, 5) is 33.5. The Kier molecular flexibility index (Phi) is 6.98. The SMILES string of the molecule is COc1ccc(C2(C(=O)N(CCCc3ccc(Cl)s3)Cc3nc(C=O)c(C)s3)CC2)cc1. The van der Waals surface area contributed by atoms with Crippen molar-refractivity contribution in [3.8, 4) is 5.75 Å².